The number of aliphatic carboxylic acids is 1. The summed E-state index contributed by atoms with van der Waals surface area (Å²) < 4.78 is 28.1. The van der Waals surface area contributed by atoms with Crippen molar-refractivity contribution >= 4 is 23.9 Å². The van der Waals surface area contributed by atoms with Crippen LogP contribution in [-0.2, 0) is 42.9 Å². The lowest BCUT2D eigenvalue weighted by Gasteiger charge is -2.40. The molecule has 1 heterocycles. The van der Waals surface area contributed by atoms with E-state index in [0.717, 1.165) is 103 Å². The molecule has 0 aromatic rings. The molecule has 1 fully saturated rings. The molecular weight excluding hydrogens is 925 g/mol. The minimum Gasteiger partial charge on any atom is -0.479 e. The Hall–Kier alpha value is -4.88. The lowest BCUT2D eigenvalue weighted by Crippen LogP contribution is -2.61. The molecule has 0 aliphatic carbocycles. The molecule has 0 spiro atoms. The molecule has 0 saturated carbocycles. The van der Waals surface area contributed by atoms with Crippen molar-refractivity contribution in [1.29, 1.82) is 0 Å². The van der Waals surface area contributed by atoms with Crippen molar-refractivity contribution in [3.8, 4) is 0 Å². The monoisotopic (exact) mass is 1020 g/mol. The van der Waals surface area contributed by atoms with Crippen LogP contribution in [0.25, 0.3) is 0 Å². The van der Waals surface area contributed by atoms with E-state index in [0.29, 0.717) is 19.3 Å². The molecular formula is C61H94O12. The van der Waals surface area contributed by atoms with Crippen molar-refractivity contribution in [1.82, 2.24) is 0 Å². The Bertz CT molecular complexity index is 1730. The van der Waals surface area contributed by atoms with Crippen LogP contribution in [0.2, 0.25) is 0 Å². The number of carbonyl (C=O) groups excluding carboxylic acids is 3. The minimum atomic E-state index is -1.94. The van der Waals surface area contributed by atoms with Gasteiger partial charge in [0, 0.05) is 12.8 Å². The van der Waals surface area contributed by atoms with E-state index in [2.05, 4.69) is 118 Å². The number of ether oxygens (including phenoxy) is 5. The van der Waals surface area contributed by atoms with Crippen LogP contribution in [0.4, 0.5) is 0 Å². The van der Waals surface area contributed by atoms with Gasteiger partial charge in [-0.05, 0) is 89.9 Å². The SMILES string of the molecule is CC/C=C\C/C=C\C/C=C\C/C=C\C/C=C\CCCCCC(=O)OCC(COC1OC(C(=O)O)C(O)C(O)C1OC(=O)C/C=C\C/C=C\C/C=C\C/C=C\C/C=C\CC)OC(=O)CCCCCCCCCCC. The highest BCUT2D eigenvalue weighted by molar-refractivity contribution is 5.74. The topological polar surface area (TPSA) is 175 Å². The summed E-state index contributed by atoms with van der Waals surface area (Å²) in [5, 5.41) is 31.3. The number of rotatable bonds is 44. The third kappa shape index (κ3) is 38.4. The third-order valence-corrected chi connectivity index (χ3v) is 11.6. The zero-order valence-electron chi connectivity index (χ0n) is 44.8. The third-order valence-electron chi connectivity index (χ3n) is 11.6. The van der Waals surface area contributed by atoms with Crippen LogP contribution < -0.4 is 0 Å². The number of carboxylic acids is 1. The zero-order chi connectivity index (χ0) is 53.3. The molecule has 410 valence electrons. The number of aliphatic hydroxyl groups excluding tert-OH is 2. The number of hydrogen-bond acceptors (Lipinski definition) is 11. The van der Waals surface area contributed by atoms with E-state index in [4.69, 9.17) is 23.7 Å². The maximum Gasteiger partial charge on any atom is 0.335 e. The van der Waals surface area contributed by atoms with Crippen LogP contribution in [0.5, 0.6) is 0 Å². The molecule has 1 rings (SSSR count). The molecule has 1 aliphatic rings. The van der Waals surface area contributed by atoms with Crippen molar-refractivity contribution in [3.05, 3.63) is 122 Å². The fourth-order valence-electron chi connectivity index (χ4n) is 7.41. The summed E-state index contributed by atoms with van der Waals surface area (Å²) >= 11 is 0. The average Bonchev–Trinajstić information content (AvgIpc) is 3.37. The van der Waals surface area contributed by atoms with Crippen molar-refractivity contribution in [2.24, 2.45) is 0 Å². The van der Waals surface area contributed by atoms with E-state index in [1.54, 1.807) is 12.2 Å². The van der Waals surface area contributed by atoms with E-state index < -0.39 is 67.3 Å². The fraction of sp³-hybridized carbons (Fsp3) is 0.607. The predicted octanol–water partition coefficient (Wildman–Crippen LogP) is 13.7. The van der Waals surface area contributed by atoms with Crippen LogP contribution >= 0.6 is 0 Å². The maximum absolute atomic E-state index is 13.0. The van der Waals surface area contributed by atoms with Crippen molar-refractivity contribution < 1.29 is 58.2 Å². The van der Waals surface area contributed by atoms with Gasteiger partial charge in [0.1, 0.15) is 18.8 Å². The van der Waals surface area contributed by atoms with Gasteiger partial charge in [0.2, 0.25) is 0 Å². The summed E-state index contributed by atoms with van der Waals surface area (Å²) in [4.78, 5) is 50.8. The molecule has 0 aromatic heterocycles. The Balaban J connectivity index is 2.75. The van der Waals surface area contributed by atoms with Gasteiger partial charge >= 0.3 is 23.9 Å². The number of esters is 3. The second-order valence-electron chi connectivity index (χ2n) is 18.1. The number of hydrogen-bond donors (Lipinski definition) is 3. The van der Waals surface area contributed by atoms with E-state index in [1.807, 2.05) is 12.2 Å². The largest absolute Gasteiger partial charge is 0.479 e. The zero-order valence-corrected chi connectivity index (χ0v) is 44.8. The van der Waals surface area contributed by atoms with Gasteiger partial charge in [-0.3, -0.25) is 14.4 Å². The molecule has 6 unspecified atom stereocenters. The lowest BCUT2D eigenvalue weighted by molar-refractivity contribution is -0.301. The molecule has 3 N–H and O–H groups in total. The smallest absolute Gasteiger partial charge is 0.335 e. The van der Waals surface area contributed by atoms with Gasteiger partial charge in [-0.15, -0.1) is 0 Å². The van der Waals surface area contributed by atoms with Crippen LogP contribution in [0.1, 0.15) is 188 Å². The Morgan fingerprint density at radius 3 is 1.38 bits per heavy atom. The number of carbonyl (C=O) groups is 4. The van der Waals surface area contributed by atoms with Crippen LogP contribution in [0.3, 0.4) is 0 Å². The number of aliphatic hydroxyl groups is 2. The van der Waals surface area contributed by atoms with Gasteiger partial charge in [-0.2, -0.15) is 0 Å². The highest BCUT2D eigenvalue weighted by Gasteiger charge is 2.50. The normalized spacial score (nSPS) is 19.3. The standard InChI is InChI=1S/C61H94O12/c1-4-7-10-13-16-19-21-23-25-26-27-28-30-31-33-36-38-41-44-47-53(62)69-50-52(71-54(63)48-45-42-39-35-18-15-12-9-6-3)51-70-61-59(57(66)56(65)58(73-61)60(67)68)72-55(64)49-46-43-40-37-34-32-29-24-22-20-17-14-11-8-5-2/h7-8,10-11,16-17,19-20,23-25,27-29,31,33-34,37,43,46,52,56-59,61,65-66H,4-6,9,12-15,18,21-22,26,30,32,35-36,38-42,44-45,47-51H2,1-3H3,(H,67,68)/b10-7-,11-8-,19-16-,20-17-,25-23-,28-27-,29-24-,33-31-,37-34-,46-43-. The second-order valence-corrected chi connectivity index (χ2v) is 18.1. The summed E-state index contributed by atoms with van der Waals surface area (Å²) in [5.41, 5.74) is 0. The van der Waals surface area contributed by atoms with Crippen LogP contribution in [0.15, 0.2) is 122 Å². The maximum atomic E-state index is 13.0. The molecule has 6 atom stereocenters. The Kier molecular flexibility index (Phi) is 43.6. The molecule has 73 heavy (non-hydrogen) atoms. The highest BCUT2D eigenvalue weighted by Crippen LogP contribution is 2.26. The van der Waals surface area contributed by atoms with Crippen molar-refractivity contribution in [3.63, 3.8) is 0 Å². The van der Waals surface area contributed by atoms with Gasteiger partial charge in [0.25, 0.3) is 0 Å². The van der Waals surface area contributed by atoms with Crippen LogP contribution in [-0.4, -0.2) is 89.2 Å². The van der Waals surface area contributed by atoms with E-state index in [9.17, 15) is 34.5 Å². The first-order valence-electron chi connectivity index (χ1n) is 27.5. The van der Waals surface area contributed by atoms with Gasteiger partial charge in [0.15, 0.2) is 24.6 Å². The summed E-state index contributed by atoms with van der Waals surface area (Å²) in [6, 6.07) is 0. The number of allylic oxidation sites excluding steroid dienone is 19. The second kappa shape index (κ2) is 48.1. The Morgan fingerprint density at radius 2 is 0.904 bits per heavy atom. The van der Waals surface area contributed by atoms with Gasteiger partial charge in [0.05, 0.1) is 13.0 Å². The average molecular weight is 1020 g/mol. The minimum absolute atomic E-state index is 0.139. The molecule has 12 heteroatoms. The quantitative estimate of drug-likeness (QED) is 0.0228. The highest BCUT2D eigenvalue weighted by atomic mass is 16.7. The molecule has 1 aliphatic heterocycles. The first-order chi connectivity index (χ1) is 35.6. The van der Waals surface area contributed by atoms with Gasteiger partial charge in [-0.1, -0.05) is 200 Å². The number of unbranched alkanes of at least 4 members (excludes halogenated alkanes) is 11. The first kappa shape index (κ1) is 66.1. The van der Waals surface area contributed by atoms with Gasteiger partial charge in [-0.25, -0.2) is 4.79 Å². The summed E-state index contributed by atoms with van der Waals surface area (Å²) in [7, 11) is 0. The molecule has 0 aromatic carbocycles. The predicted molar refractivity (Wildman–Crippen MR) is 293 cm³/mol. The fourth-order valence-corrected chi connectivity index (χ4v) is 7.41. The van der Waals surface area contributed by atoms with Crippen LogP contribution in [0, 0.1) is 0 Å². The molecule has 0 amide bonds. The van der Waals surface area contributed by atoms with E-state index in [1.165, 1.54) is 25.7 Å². The number of carboxylic acid groups (broad SMARTS) is 1. The lowest BCUT2D eigenvalue weighted by atomic mass is 9.98. The van der Waals surface area contributed by atoms with Gasteiger partial charge < -0.3 is 39.0 Å². The Morgan fingerprint density at radius 1 is 0.479 bits per heavy atom. The summed E-state index contributed by atoms with van der Waals surface area (Å²) in [5.74, 6) is -3.35. The van der Waals surface area contributed by atoms with Crippen molar-refractivity contribution in [2.75, 3.05) is 13.2 Å². The molecule has 0 bridgehead atoms. The van der Waals surface area contributed by atoms with E-state index >= 15 is 0 Å². The molecule has 1 saturated heterocycles. The first-order valence-corrected chi connectivity index (χ1v) is 27.5. The summed E-state index contributed by atoms with van der Waals surface area (Å²) in [6.07, 6.45) is 53.6. The summed E-state index contributed by atoms with van der Waals surface area (Å²) in [6.45, 7) is 5.63. The molecule has 12 nitrogen and oxygen atoms in total. The van der Waals surface area contributed by atoms with E-state index in [-0.39, 0.29) is 25.9 Å². The molecule has 0 radical (unpaired) electrons. The Labute approximate surface area is 439 Å². The van der Waals surface area contributed by atoms with Crippen molar-refractivity contribution in [2.45, 2.75) is 225 Å².